The van der Waals surface area contributed by atoms with Crippen molar-refractivity contribution in [3.63, 3.8) is 0 Å². The second kappa shape index (κ2) is 7.55. The van der Waals surface area contributed by atoms with Gasteiger partial charge < -0.3 is 0 Å². The lowest BCUT2D eigenvalue weighted by Crippen LogP contribution is -2.13. The van der Waals surface area contributed by atoms with Gasteiger partial charge in [-0.25, -0.2) is 8.42 Å². The first-order chi connectivity index (χ1) is 16.1. The van der Waals surface area contributed by atoms with Gasteiger partial charge in [-0.15, -0.1) is 0 Å². The quantitative estimate of drug-likeness (QED) is 0.224. The predicted octanol–water partition coefficient (Wildman–Crippen LogP) is 6.79. The van der Waals surface area contributed by atoms with Crippen molar-refractivity contribution in [3.8, 4) is 0 Å². The summed E-state index contributed by atoms with van der Waals surface area (Å²) in [6.07, 6.45) is 0. The number of aryl methyl sites for hydroxylation is 1. The first kappa shape index (κ1) is 20.2. The van der Waals surface area contributed by atoms with Gasteiger partial charge in [0, 0.05) is 0 Å². The smallest absolute Gasteiger partial charge is 0.207 e. The van der Waals surface area contributed by atoms with Crippen molar-refractivity contribution in [2.24, 2.45) is 0 Å². The van der Waals surface area contributed by atoms with Crippen molar-refractivity contribution in [2.45, 2.75) is 23.9 Å². The van der Waals surface area contributed by atoms with Gasteiger partial charge in [0.05, 0.1) is 17.0 Å². The molecule has 0 N–H and O–H groups in total. The Hall–Kier alpha value is -3.47. The van der Waals surface area contributed by atoms with Crippen molar-refractivity contribution in [2.75, 3.05) is 0 Å². The normalized spacial score (nSPS) is 20.2. The van der Waals surface area contributed by atoms with Crippen LogP contribution in [0.5, 0.6) is 0 Å². The van der Waals surface area contributed by atoms with Crippen LogP contribution in [-0.2, 0) is 10.0 Å². The van der Waals surface area contributed by atoms with E-state index < -0.39 is 10.0 Å². The van der Waals surface area contributed by atoms with Crippen LogP contribution in [0.4, 0.5) is 0 Å². The largest absolute Gasteiger partial charge is 0.244 e. The Balaban J connectivity index is 1.60. The fourth-order valence-corrected chi connectivity index (χ4v) is 6.70. The minimum atomic E-state index is -3.68. The Morgan fingerprint density at radius 3 is 1.79 bits per heavy atom. The molecule has 1 saturated heterocycles. The number of fused-ring (bicyclic) bond motifs is 2. The average Bonchev–Trinajstić information content (AvgIpc) is 3.59. The summed E-state index contributed by atoms with van der Waals surface area (Å²) in [6.45, 7) is 1.96. The summed E-state index contributed by atoms with van der Waals surface area (Å²) in [7, 11) is -3.68. The third-order valence-corrected chi connectivity index (χ3v) is 8.48. The Kier molecular flexibility index (Phi) is 4.61. The fourth-order valence-electron chi connectivity index (χ4n) is 4.97. The zero-order valence-electron chi connectivity index (χ0n) is 18.2. The van der Waals surface area contributed by atoms with E-state index in [0.29, 0.717) is 4.90 Å². The SMILES string of the molecule is Cc1ccc(S(=O)(=O)N2[C@H](c3ccccc3)[C@H]2c2c3ccccc3cc3ccccc23)cc1. The summed E-state index contributed by atoms with van der Waals surface area (Å²) in [4.78, 5) is 0.334. The van der Waals surface area contributed by atoms with Crippen molar-refractivity contribution in [1.29, 1.82) is 0 Å². The molecule has 0 aliphatic carbocycles. The molecule has 1 fully saturated rings. The van der Waals surface area contributed by atoms with Gasteiger partial charge in [0.2, 0.25) is 10.0 Å². The van der Waals surface area contributed by atoms with Crippen LogP contribution in [0.15, 0.2) is 114 Å². The molecule has 1 aliphatic heterocycles. The molecular weight excluding hydrogens is 426 g/mol. The van der Waals surface area contributed by atoms with Crippen molar-refractivity contribution in [3.05, 3.63) is 126 Å². The third-order valence-electron chi connectivity index (χ3n) is 6.60. The molecule has 3 atom stereocenters. The lowest BCUT2D eigenvalue weighted by atomic mass is 9.92. The van der Waals surface area contributed by atoms with Gasteiger partial charge in [0.25, 0.3) is 0 Å². The summed E-state index contributed by atoms with van der Waals surface area (Å²) in [5.41, 5.74) is 3.12. The number of hydrogen-bond acceptors (Lipinski definition) is 2. The maximum atomic E-state index is 13.9. The van der Waals surface area contributed by atoms with Gasteiger partial charge in [0.1, 0.15) is 0 Å². The van der Waals surface area contributed by atoms with Crippen molar-refractivity contribution < 1.29 is 8.42 Å². The van der Waals surface area contributed by atoms with Crippen LogP contribution in [0.2, 0.25) is 0 Å². The van der Waals surface area contributed by atoms with Crippen LogP contribution in [0.3, 0.4) is 0 Å². The maximum Gasteiger partial charge on any atom is 0.244 e. The molecule has 5 aromatic carbocycles. The van der Waals surface area contributed by atoms with Crippen LogP contribution in [0, 0.1) is 6.92 Å². The molecule has 1 heterocycles. The highest BCUT2D eigenvalue weighted by Gasteiger charge is 2.57. The Labute approximate surface area is 194 Å². The standard InChI is InChI=1S/C29H23NO2S/c1-20-15-17-24(18-16-20)33(31,32)30-28(21-9-3-2-4-10-21)29(30)27-25-13-7-5-11-22(25)19-23-12-6-8-14-26(23)27/h2-19,28-29H,1H3/t28-,29-,30?/m1/s1. The molecular formula is C29H23NO2S. The van der Waals surface area contributed by atoms with E-state index in [1.807, 2.05) is 73.7 Å². The molecule has 33 heavy (non-hydrogen) atoms. The molecule has 0 amide bonds. The monoisotopic (exact) mass is 449 g/mol. The van der Waals surface area contributed by atoms with E-state index in [-0.39, 0.29) is 12.1 Å². The van der Waals surface area contributed by atoms with E-state index in [2.05, 4.69) is 30.3 Å². The van der Waals surface area contributed by atoms with Crippen LogP contribution in [0.1, 0.15) is 28.8 Å². The molecule has 5 aromatic rings. The Bertz CT molecular complexity index is 1540. The van der Waals surface area contributed by atoms with Gasteiger partial charge in [0.15, 0.2) is 0 Å². The number of sulfonamides is 1. The minimum Gasteiger partial charge on any atom is -0.207 e. The molecule has 0 spiro atoms. The molecule has 0 radical (unpaired) electrons. The zero-order chi connectivity index (χ0) is 22.6. The van der Waals surface area contributed by atoms with Crippen LogP contribution in [0.25, 0.3) is 21.5 Å². The van der Waals surface area contributed by atoms with Crippen molar-refractivity contribution >= 4 is 31.6 Å². The fraction of sp³-hybridized carbons (Fsp3) is 0.103. The summed E-state index contributed by atoms with van der Waals surface area (Å²) in [6, 6.07) is 35.3. The summed E-state index contributed by atoms with van der Waals surface area (Å²) < 4.78 is 29.4. The molecule has 1 unspecified atom stereocenters. The van der Waals surface area contributed by atoms with E-state index >= 15 is 0 Å². The topological polar surface area (TPSA) is 37.1 Å². The number of rotatable bonds is 4. The molecule has 162 valence electrons. The van der Waals surface area contributed by atoms with E-state index in [1.54, 1.807) is 16.4 Å². The van der Waals surface area contributed by atoms with E-state index in [4.69, 9.17) is 0 Å². The lowest BCUT2D eigenvalue weighted by Gasteiger charge is -2.12. The number of nitrogens with zero attached hydrogens (tertiary/aromatic N) is 1. The van der Waals surface area contributed by atoms with Gasteiger partial charge >= 0.3 is 0 Å². The maximum absolute atomic E-state index is 13.9. The van der Waals surface area contributed by atoms with Crippen LogP contribution in [-0.4, -0.2) is 12.7 Å². The molecule has 0 aromatic heterocycles. The van der Waals surface area contributed by atoms with Gasteiger partial charge in [-0.1, -0.05) is 96.6 Å². The highest BCUT2D eigenvalue weighted by molar-refractivity contribution is 7.89. The second-order valence-corrected chi connectivity index (χ2v) is 10.5. The molecule has 0 bridgehead atoms. The summed E-state index contributed by atoms with van der Waals surface area (Å²) in [5.74, 6) is 0. The third kappa shape index (κ3) is 3.26. The second-order valence-electron chi connectivity index (χ2n) is 8.68. The van der Waals surface area contributed by atoms with Gasteiger partial charge in [-0.05, 0) is 57.8 Å². The van der Waals surface area contributed by atoms with Gasteiger partial charge in [-0.3, -0.25) is 0 Å². The summed E-state index contributed by atoms with van der Waals surface area (Å²) >= 11 is 0. The van der Waals surface area contributed by atoms with Crippen LogP contribution >= 0.6 is 0 Å². The average molecular weight is 450 g/mol. The van der Waals surface area contributed by atoms with Gasteiger partial charge in [-0.2, -0.15) is 4.31 Å². The highest BCUT2D eigenvalue weighted by atomic mass is 32.2. The Morgan fingerprint density at radius 2 is 1.18 bits per heavy atom. The minimum absolute atomic E-state index is 0.244. The van der Waals surface area contributed by atoms with Crippen molar-refractivity contribution in [1.82, 2.24) is 4.31 Å². The molecule has 1 aliphatic rings. The zero-order valence-corrected chi connectivity index (χ0v) is 19.0. The molecule has 3 nitrogen and oxygen atoms in total. The van der Waals surface area contributed by atoms with Crippen LogP contribution < -0.4 is 0 Å². The lowest BCUT2D eigenvalue weighted by molar-refractivity contribution is 0.547. The summed E-state index contributed by atoms with van der Waals surface area (Å²) in [5, 5.41) is 4.45. The number of benzene rings is 5. The molecule has 0 saturated carbocycles. The molecule has 4 heteroatoms. The predicted molar refractivity (Wildman–Crippen MR) is 134 cm³/mol. The van der Waals surface area contributed by atoms with E-state index in [9.17, 15) is 8.42 Å². The first-order valence-corrected chi connectivity index (χ1v) is 12.6. The molecule has 6 rings (SSSR count). The first-order valence-electron chi connectivity index (χ1n) is 11.1. The van der Waals surface area contributed by atoms with E-state index in [0.717, 1.165) is 38.2 Å². The van der Waals surface area contributed by atoms with E-state index in [1.165, 1.54) is 0 Å². The highest BCUT2D eigenvalue weighted by Crippen LogP contribution is 2.60. The number of hydrogen-bond donors (Lipinski definition) is 0. The Morgan fingerprint density at radius 1 is 0.636 bits per heavy atom.